The van der Waals surface area contributed by atoms with Crippen LogP contribution in [0.3, 0.4) is 0 Å². The van der Waals surface area contributed by atoms with Crippen molar-refractivity contribution in [1.82, 2.24) is 10.2 Å². The Labute approximate surface area is 255 Å². The van der Waals surface area contributed by atoms with Gasteiger partial charge in [-0.3, -0.25) is 14.4 Å². The van der Waals surface area contributed by atoms with Gasteiger partial charge in [0, 0.05) is 30.9 Å². The van der Waals surface area contributed by atoms with Crippen molar-refractivity contribution in [2.24, 2.45) is 23.7 Å². The van der Waals surface area contributed by atoms with Crippen molar-refractivity contribution in [1.29, 1.82) is 0 Å². The van der Waals surface area contributed by atoms with E-state index in [1.54, 1.807) is 41.5 Å². The predicted molar refractivity (Wildman–Crippen MR) is 156 cm³/mol. The number of carbonyl (C=O) groups excluding carboxylic acids is 4. The molecule has 0 aliphatic carbocycles. The predicted octanol–water partition coefficient (Wildman–Crippen LogP) is 2.48. The summed E-state index contributed by atoms with van der Waals surface area (Å²) in [6, 6.07) is -1.04. The Hall–Kier alpha value is -2.12. The van der Waals surface area contributed by atoms with Gasteiger partial charge in [-0.15, -0.1) is 0 Å². The number of aliphatic hydroxyl groups is 1. The smallest absolute Gasteiger partial charge is 0.408 e. The first-order valence-electron chi connectivity index (χ1n) is 15.4. The average Bonchev–Trinajstić information content (AvgIpc) is 3.27. The van der Waals surface area contributed by atoms with E-state index in [-0.39, 0.29) is 30.8 Å². The first kappa shape index (κ1) is 35.4. The quantitative estimate of drug-likeness (QED) is 0.348. The molecule has 1 unspecified atom stereocenters. The van der Waals surface area contributed by atoms with Gasteiger partial charge >= 0.3 is 12.1 Å². The van der Waals surface area contributed by atoms with Crippen molar-refractivity contribution in [2.75, 3.05) is 21.2 Å². The van der Waals surface area contributed by atoms with Crippen LogP contribution in [0.1, 0.15) is 74.7 Å². The Morgan fingerprint density at radius 1 is 1.02 bits per heavy atom. The maximum Gasteiger partial charge on any atom is 0.408 e. The van der Waals surface area contributed by atoms with E-state index in [4.69, 9.17) is 23.7 Å². The maximum absolute atomic E-state index is 13.9. The van der Waals surface area contributed by atoms with Gasteiger partial charge in [0.15, 0.2) is 17.7 Å². The molecule has 12 heteroatoms. The van der Waals surface area contributed by atoms with Crippen LogP contribution in [0.15, 0.2) is 0 Å². The number of hydrogen-bond acceptors (Lipinski definition) is 11. The summed E-state index contributed by atoms with van der Waals surface area (Å²) < 4.78 is 30.1. The van der Waals surface area contributed by atoms with Gasteiger partial charge in [-0.2, -0.15) is 0 Å². The summed E-state index contributed by atoms with van der Waals surface area (Å²) in [6.07, 6.45) is -3.96. The largest absolute Gasteiger partial charge is 0.458 e. The van der Waals surface area contributed by atoms with Crippen LogP contribution in [0.25, 0.3) is 0 Å². The molecule has 0 radical (unpaired) electrons. The number of esters is 1. The molecule has 1 amide bonds. The van der Waals surface area contributed by atoms with Crippen molar-refractivity contribution in [3.8, 4) is 0 Å². The fourth-order valence-corrected chi connectivity index (χ4v) is 7.19. The van der Waals surface area contributed by atoms with E-state index in [0.717, 1.165) is 0 Å². The minimum atomic E-state index is -1.33. The minimum absolute atomic E-state index is 0.151. The van der Waals surface area contributed by atoms with Crippen molar-refractivity contribution in [3.05, 3.63) is 0 Å². The van der Waals surface area contributed by atoms with E-state index in [2.05, 4.69) is 5.32 Å². The Morgan fingerprint density at radius 3 is 2.21 bits per heavy atom. The summed E-state index contributed by atoms with van der Waals surface area (Å²) in [4.78, 5) is 55.7. The van der Waals surface area contributed by atoms with Crippen molar-refractivity contribution >= 4 is 23.6 Å². The maximum atomic E-state index is 13.9. The van der Waals surface area contributed by atoms with Gasteiger partial charge in [-0.25, -0.2) is 4.79 Å². The Kier molecular flexibility index (Phi) is 11.1. The number of carbonyl (C=O) groups is 4. The number of aliphatic hydroxyl groups excluding tert-OH is 1. The van der Waals surface area contributed by atoms with Gasteiger partial charge in [0.25, 0.3) is 0 Å². The van der Waals surface area contributed by atoms with Crippen LogP contribution < -0.4 is 5.32 Å². The number of nitrogens with zero attached hydrogens (tertiary/aromatic N) is 1. The number of likely N-dealkylation sites (N-methyl/N-ethyl adjacent to an activating group) is 1. The second-order valence-electron chi connectivity index (χ2n) is 13.4. The molecular formula is C31H52N2O10. The topological polar surface area (TPSA) is 150 Å². The molecule has 3 aliphatic rings. The van der Waals surface area contributed by atoms with Crippen LogP contribution >= 0.6 is 0 Å². The zero-order chi connectivity index (χ0) is 32.6. The molecule has 0 aromatic carbocycles. The van der Waals surface area contributed by atoms with Crippen LogP contribution in [0.2, 0.25) is 0 Å². The number of cyclic esters (lactones) is 1. The highest BCUT2D eigenvalue weighted by Gasteiger charge is 2.57. The summed E-state index contributed by atoms with van der Waals surface area (Å²) in [5.41, 5.74) is -2.56. The molecule has 43 heavy (non-hydrogen) atoms. The van der Waals surface area contributed by atoms with Crippen LogP contribution in [0.4, 0.5) is 4.79 Å². The molecule has 0 aromatic heterocycles. The zero-order valence-electron chi connectivity index (χ0n) is 27.5. The molecule has 3 heterocycles. The third-order valence-electron chi connectivity index (χ3n) is 9.93. The monoisotopic (exact) mass is 612 g/mol. The molecule has 3 aliphatic heterocycles. The molecule has 2 N–H and O–H groups in total. The second-order valence-corrected chi connectivity index (χ2v) is 13.4. The van der Waals surface area contributed by atoms with E-state index < -0.39 is 83.4 Å². The third kappa shape index (κ3) is 6.93. The van der Waals surface area contributed by atoms with Gasteiger partial charge in [-0.05, 0) is 61.1 Å². The lowest BCUT2D eigenvalue weighted by molar-refractivity contribution is -0.295. The highest BCUT2D eigenvalue weighted by molar-refractivity contribution is 6.00. The van der Waals surface area contributed by atoms with Crippen LogP contribution in [-0.2, 0) is 38.1 Å². The summed E-state index contributed by atoms with van der Waals surface area (Å²) in [5.74, 6) is -4.80. The number of Topliss-reactive ketones (excluding diaryl/α,β-unsaturated/α-hetero) is 2. The standard InChI is InChI=1S/C31H52N2O10/c1-12-21-31(8)25(32-29(38)43-31)17(4)22(34)15(2)14-30(7,39-11)26(18(5)23(35)19(6)27(37)41-21)42-28-24(36)20(33(9)10)13-16(3)40-28/h15-21,24-26,28,36H,12-14H2,1-11H3,(H,32,38)/t15-,16-,17+,18+,19-,20+,21?,24-,25-,26-,28+,30-,31-/m1/s1. The van der Waals surface area contributed by atoms with E-state index in [1.807, 2.05) is 25.9 Å². The third-order valence-corrected chi connectivity index (χ3v) is 9.93. The molecule has 13 atom stereocenters. The number of methoxy groups -OCH3 is 1. The number of ketones is 2. The van der Waals surface area contributed by atoms with Gasteiger partial charge in [0.1, 0.15) is 23.9 Å². The van der Waals surface area contributed by atoms with E-state index in [1.165, 1.54) is 14.0 Å². The lowest BCUT2D eigenvalue weighted by Crippen LogP contribution is -2.60. The molecule has 3 rings (SSSR count). The number of amides is 1. The van der Waals surface area contributed by atoms with E-state index in [9.17, 15) is 24.3 Å². The van der Waals surface area contributed by atoms with Crippen LogP contribution in [-0.4, -0.2) is 109 Å². The SMILES string of the molecule is CCC1OC(=O)[C@H](C)C(=O)[C@H](C)[C@@H](O[C@@H]2O[C@H](C)C[C@H](N(C)C)[C@H]2O)[C@](C)(OC)C[C@@H](C)C(=O)[C@H](C)[C@H]2NC(=O)O[C@]12C. The molecule has 0 aromatic rings. The first-order chi connectivity index (χ1) is 19.9. The first-order valence-corrected chi connectivity index (χ1v) is 15.4. The fourth-order valence-electron chi connectivity index (χ4n) is 7.19. The summed E-state index contributed by atoms with van der Waals surface area (Å²) in [6.45, 7) is 13.7. The molecule has 0 saturated carbocycles. The number of hydrogen-bond donors (Lipinski definition) is 2. The van der Waals surface area contributed by atoms with Crippen molar-refractivity contribution < 1.29 is 48.0 Å². The molecule has 246 valence electrons. The lowest BCUT2D eigenvalue weighted by Gasteiger charge is -2.47. The summed E-state index contributed by atoms with van der Waals surface area (Å²) >= 11 is 0. The number of fused-ring (bicyclic) bond motifs is 1. The van der Waals surface area contributed by atoms with Gasteiger partial charge in [-0.1, -0.05) is 27.7 Å². The van der Waals surface area contributed by atoms with Crippen LogP contribution in [0.5, 0.6) is 0 Å². The molecule has 0 bridgehead atoms. The Morgan fingerprint density at radius 2 is 1.65 bits per heavy atom. The second kappa shape index (κ2) is 13.5. The van der Waals surface area contributed by atoms with Crippen LogP contribution in [0, 0.1) is 23.7 Å². The molecule has 3 fully saturated rings. The molecule has 3 saturated heterocycles. The highest BCUT2D eigenvalue weighted by atomic mass is 16.7. The van der Waals surface area contributed by atoms with Gasteiger partial charge in [0.05, 0.1) is 23.9 Å². The van der Waals surface area contributed by atoms with Gasteiger partial charge in [0.2, 0.25) is 0 Å². The number of alkyl carbamates (subject to hydrolysis) is 1. The Balaban J connectivity index is 2.09. The van der Waals surface area contributed by atoms with E-state index >= 15 is 0 Å². The van der Waals surface area contributed by atoms with Crippen molar-refractivity contribution in [3.63, 3.8) is 0 Å². The number of ether oxygens (including phenoxy) is 5. The lowest BCUT2D eigenvalue weighted by atomic mass is 9.73. The van der Waals surface area contributed by atoms with E-state index in [0.29, 0.717) is 6.42 Å². The number of rotatable bonds is 5. The highest BCUT2D eigenvalue weighted by Crippen LogP contribution is 2.40. The average molecular weight is 613 g/mol. The summed E-state index contributed by atoms with van der Waals surface area (Å²) in [7, 11) is 5.21. The normalized spacial score (nSPS) is 45.2. The molecular weight excluding hydrogens is 560 g/mol. The fraction of sp³-hybridized carbons (Fsp3) is 0.871. The minimum Gasteiger partial charge on any atom is -0.458 e. The van der Waals surface area contributed by atoms with Crippen molar-refractivity contribution in [2.45, 2.75) is 129 Å². The van der Waals surface area contributed by atoms with Gasteiger partial charge < -0.3 is 39.0 Å². The zero-order valence-corrected chi connectivity index (χ0v) is 27.5. The molecule has 12 nitrogen and oxygen atoms in total. The summed E-state index contributed by atoms with van der Waals surface area (Å²) in [5, 5.41) is 14.0. The Bertz CT molecular complexity index is 1050. The molecule has 0 spiro atoms. The number of nitrogens with one attached hydrogen (secondary N) is 1.